The monoisotopic (exact) mass is 420 g/mol. The molecule has 0 aliphatic carbocycles. The minimum atomic E-state index is -0.975. The summed E-state index contributed by atoms with van der Waals surface area (Å²) in [7, 11) is 4.21. The van der Waals surface area contributed by atoms with Crippen LogP contribution in [0.2, 0.25) is 0 Å². The molecular weight excluding hydrogens is 384 g/mol. The van der Waals surface area contributed by atoms with E-state index in [2.05, 4.69) is 20.8 Å². The number of rotatable bonds is 13. The van der Waals surface area contributed by atoms with Crippen molar-refractivity contribution in [3.05, 3.63) is 42.0 Å². The number of hydrogen-bond acceptors (Lipinski definition) is 6. The summed E-state index contributed by atoms with van der Waals surface area (Å²) in [4.78, 5) is 24.5. The van der Waals surface area contributed by atoms with Crippen LogP contribution in [0.1, 0.15) is 45.6 Å². The molecule has 2 atom stereocenters. The van der Waals surface area contributed by atoms with E-state index < -0.39 is 17.9 Å². The minimum absolute atomic E-state index is 0.160. The Morgan fingerprint density at radius 2 is 1.57 bits per heavy atom. The van der Waals surface area contributed by atoms with Gasteiger partial charge in [0.15, 0.2) is 5.92 Å². The highest BCUT2D eigenvalue weighted by Gasteiger charge is 2.35. The first kappa shape index (κ1) is 25.7. The van der Waals surface area contributed by atoms with Crippen LogP contribution in [-0.2, 0) is 30.4 Å². The molecule has 0 aliphatic rings. The topological polar surface area (TPSA) is 71.1 Å². The van der Waals surface area contributed by atoms with Crippen LogP contribution in [0, 0.1) is 17.8 Å². The number of carbonyl (C=O) groups excluding carboxylic acids is 2. The molecule has 30 heavy (non-hydrogen) atoms. The van der Waals surface area contributed by atoms with Crippen molar-refractivity contribution in [3.8, 4) is 5.75 Å². The Labute approximate surface area is 180 Å². The summed E-state index contributed by atoms with van der Waals surface area (Å²) in [6, 6.07) is 7.73. The second kappa shape index (κ2) is 13.8. The maximum Gasteiger partial charge on any atom is 0.320 e. The second-order valence-corrected chi connectivity index (χ2v) is 7.58. The summed E-state index contributed by atoms with van der Waals surface area (Å²) in [5.74, 6) is -1.41. The van der Waals surface area contributed by atoms with Gasteiger partial charge < -0.3 is 18.9 Å². The molecule has 1 aromatic carbocycles. The highest BCUT2D eigenvalue weighted by Crippen LogP contribution is 2.25. The van der Waals surface area contributed by atoms with E-state index in [-0.39, 0.29) is 17.9 Å². The van der Waals surface area contributed by atoms with Gasteiger partial charge in [-0.1, -0.05) is 57.9 Å². The van der Waals surface area contributed by atoms with Crippen LogP contribution in [0.4, 0.5) is 0 Å². The summed E-state index contributed by atoms with van der Waals surface area (Å²) in [5, 5.41) is 0. The number of carbonyl (C=O) groups is 2. The lowest BCUT2D eigenvalue weighted by Crippen LogP contribution is -2.33. The first-order valence-corrected chi connectivity index (χ1v) is 10.5. The Bertz CT molecular complexity index is 649. The van der Waals surface area contributed by atoms with E-state index in [0.717, 1.165) is 24.2 Å². The highest BCUT2D eigenvalue weighted by molar-refractivity contribution is 5.95. The van der Waals surface area contributed by atoms with Crippen LogP contribution >= 0.6 is 0 Å². The molecule has 0 bridgehead atoms. The first-order valence-electron chi connectivity index (χ1n) is 10.5. The predicted octanol–water partition coefficient (Wildman–Crippen LogP) is 4.56. The fourth-order valence-corrected chi connectivity index (χ4v) is 3.15. The summed E-state index contributed by atoms with van der Waals surface area (Å²) in [5.41, 5.74) is 1.04. The summed E-state index contributed by atoms with van der Waals surface area (Å²) < 4.78 is 21.0. The van der Waals surface area contributed by atoms with Crippen molar-refractivity contribution in [3.63, 3.8) is 0 Å². The van der Waals surface area contributed by atoms with Crippen molar-refractivity contribution in [2.75, 3.05) is 21.3 Å². The van der Waals surface area contributed by atoms with Gasteiger partial charge in [-0.05, 0) is 30.0 Å². The standard InChI is InChI=1S/C24H36O6/c1-7-8-9-19(22(23(25)28-5)24(26)29-6)12-15-21(17(2)3)30-16-18-10-13-20(27-4)14-11-18/h10-15,17,19,21-22H,7-9,16H2,1-6H3/b15-12+/t19-,21-/m1/s1. The van der Waals surface area contributed by atoms with Gasteiger partial charge in [-0.25, -0.2) is 0 Å². The van der Waals surface area contributed by atoms with Crippen LogP contribution < -0.4 is 4.74 Å². The van der Waals surface area contributed by atoms with Gasteiger partial charge in [0.25, 0.3) is 0 Å². The SMILES string of the molecule is CCCC[C@H](/C=C/[C@@H](OCc1ccc(OC)cc1)C(C)C)C(C(=O)OC)C(=O)OC. The highest BCUT2D eigenvalue weighted by atomic mass is 16.5. The van der Waals surface area contributed by atoms with Gasteiger partial charge in [0.2, 0.25) is 0 Å². The van der Waals surface area contributed by atoms with Gasteiger partial charge in [-0.15, -0.1) is 0 Å². The predicted molar refractivity (Wildman–Crippen MR) is 116 cm³/mol. The van der Waals surface area contributed by atoms with E-state index in [1.165, 1.54) is 14.2 Å². The van der Waals surface area contributed by atoms with Crippen molar-refractivity contribution in [1.29, 1.82) is 0 Å². The quantitative estimate of drug-likeness (QED) is 0.265. The zero-order valence-corrected chi connectivity index (χ0v) is 19.1. The van der Waals surface area contributed by atoms with Crippen LogP contribution in [0.15, 0.2) is 36.4 Å². The normalized spacial score (nSPS) is 13.5. The number of methoxy groups -OCH3 is 3. The third-order valence-electron chi connectivity index (χ3n) is 5.04. The average molecular weight is 421 g/mol. The van der Waals surface area contributed by atoms with E-state index in [1.54, 1.807) is 7.11 Å². The Kier molecular flexibility index (Phi) is 11.8. The molecule has 0 radical (unpaired) electrons. The van der Waals surface area contributed by atoms with Crippen LogP contribution in [0.25, 0.3) is 0 Å². The molecule has 0 spiro atoms. The van der Waals surface area contributed by atoms with E-state index in [1.807, 2.05) is 36.4 Å². The number of ether oxygens (including phenoxy) is 4. The second-order valence-electron chi connectivity index (χ2n) is 7.58. The van der Waals surface area contributed by atoms with Crippen molar-refractivity contribution < 1.29 is 28.5 Å². The number of esters is 2. The van der Waals surface area contributed by atoms with Crippen LogP contribution in [-0.4, -0.2) is 39.4 Å². The molecule has 0 aliphatic heterocycles. The molecule has 0 fully saturated rings. The maximum atomic E-state index is 12.3. The first-order chi connectivity index (χ1) is 14.4. The van der Waals surface area contributed by atoms with Crippen LogP contribution in [0.3, 0.4) is 0 Å². The molecule has 168 valence electrons. The Hall–Kier alpha value is -2.34. The molecule has 1 aromatic rings. The average Bonchev–Trinajstić information content (AvgIpc) is 2.76. The molecule has 1 rings (SSSR count). The van der Waals surface area contributed by atoms with Crippen molar-refractivity contribution in [1.82, 2.24) is 0 Å². The van der Waals surface area contributed by atoms with E-state index in [4.69, 9.17) is 18.9 Å². The van der Waals surface area contributed by atoms with Crippen molar-refractivity contribution in [2.45, 2.75) is 52.7 Å². The van der Waals surface area contributed by atoms with E-state index in [0.29, 0.717) is 13.0 Å². The number of allylic oxidation sites excluding steroid dienone is 1. The lowest BCUT2D eigenvalue weighted by atomic mass is 9.86. The van der Waals surface area contributed by atoms with Gasteiger partial charge in [0, 0.05) is 5.92 Å². The van der Waals surface area contributed by atoms with Gasteiger partial charge in [-0.2, -0.15) is 0 Å². The lowest BCUT2D eigenvalue weighted by molar-refractivity contribution is -0.160. The van der Waals surface area contributed by atoms with E-state index >= 15 is 0 Å². The molecule has 6 nitrogen and oxygen atoms in total. The fourth-order valence-electron chi connectivity index (χ4n) is 3.15. The number of hydrogen-bond donors (Lipinski definition) is 0. The number of unbranched alkanes of at least 4 members (excludes halogenated alkanes) is 1. The zero-order valence-electron chi connectivity index (χ0n) is 19.1. The Morgan fingerprint density at radius 1 is 0.967 bits per heavy atom. The number of benzene rings is 1. The summed E-state index contributed by atoms with van der Waals surface area (Å²) in [6.07, 6.45) is 6.23. The van der Waals surface area contributed by atoms with Crippen LogP contribution in [0.5, 0.6) is 5.75 Å². The van der Waals surface area contributed by atoms with Crippen molar-refractivity contribution in [2.24, 2.45) is 17.8 Å². The molecule has 6 heteroatoms. The Morgan fingerprint density at radius 3 is 2.03 bits per heavy atom. The molecule has 0 aromatic heterocycles. The fraction of sp³-hybridized carbons (Fsp3) is 0.583. The smallest absolute Gasteiger partial charge is 0.320 e. The molecule has 0 unspecified atom stereocenters. The van der Waals surface area contributed by atoms with Gasteiger partial charge >= 0.3 is 11.9 Å². The molecule has 0 heterocycles. The third kappa shape index (κ3) is 8.19. The largest absolute Gasteiger partial charge is 0.497 e. The van der Waals surface area contributed by atoms with Gasteiger partial charge in [-0.3, -0.25) is 9.59 Å². The Balaban J connectivity index is 2.95. The minimum Gasteiger partial charge on any atom is -0.497 e. The zero-order chi connectivity index (χ0) is 22.5. The maximum absolute atomic E-state index is 12.3. The third-order valence-corrected chi connectivity index (χ3v) is 5.04. The van der Waals surface area contributed by atoms with Crippen molar-refractivity contribution >= 4 is 11.9 Å². The molecule has 0 saturated carbocycles. The van der Waals surface area contributed by atoms with E-state index in [9.17, 15) is 9.59 Å². The molecular formula is C24H36O6. The lowest BCUT2D eigenvalue weighted by Gasteiger charge is -2.23. The molecule has 0 N–H and O–H groups in total. The summed E-state index contributed by atoms with van der Waals surface area (Å²) >= 11 is 0. The molecule has 0 amide bonds. The summed E-state index contributed by atoms with van der Waals surface area (Å²) in [6.45, 7) is 6.67. The molecule has 0 saturated heterocycles. The van der Waals surface area contributed by atoms with Gasteiger partial charge in [0.05, 0.1) is 34.0 Å². The van der Waals surface area contributed by atoms with Gasteiger partial charge in [0.1, 0.15) is 5.75 Å².